The van der Waals surface area contributed by atoms with E-state index in [-0.39, 0.29) is 0 Å². The number of benzene rings is 2. The first-order chi connectivity index (χ1) is 8.24. The van der Waals surface area contributed by atoms with E-state index in [2.05, 4.69) is 49.1 Å². The average Bonchev–Trinajstić information content (AvgIpc) is 2.37. The number of rotatable bonds is 3. The Labute approximate surface area is 103 Å². The van der Waals surface area contributed by atoms with E-state index in [1.54, 1.807) is 0 Å². The second-order valence-corrected chi connectivity index (χ2v) is 4.07. The molecule has 0 spiro atoms. The van der Waals surface area contributed by atoms with Gasteiger partial charge in [0.25, 0.3) is 0 Å². The Hall–Kier alpha value is -1.96. The fraction of sp³-hybridized carbons (Fsp3) is 0.200. The van der Waals surface area contributed by atoms with Gasteiger partial charge in [0.2, 0.25) is 0 Å². The molecule has 2 heteroatoms. The first kappa shape index (κ1) is 11.5. The van der Waals surface area contributed by atoms with Crippen LogP contribution in [0.25, 0.3) is 0 Å². The van der Waals surface area contributed by atoms with Gasteiger partial charge in [0.05, 0.1) is 0 Å². The number of anilines is 3. The van der Waals surface area contributed by atoms with E-state index in [9.17, 15) is 0 Å². The van der Waals surface area contributed by atoms with Gasteiger partial charge in [-0.2, -0.15) is 0 Å². The van der Waals surface area contributed by atoms with Crippen molar-refractivity contribution < 1.29 is 0 Å². The molecule has 0 saturated carbocycles. The predicted molar refractivity (Wildman–Crippen MR) is 74.7 cm³/mol. The Morgan fingerprint density at radius 1 is 1.00 bits per heavy atom. The molecular formula is C15H18N2. The summed E-state index contributed by atoms with van der Waals surface area (Å²) in [6.45, 7) is 5.14. The summed E-state index contributed by atoms with van der Waals surface area (Å²) in [6, 6.07) is 16.4. The Balaban J connectivity index is 2.46. The summed E-state index contributed by atoms with van der Waals surface area (Å²) >= 11 is 0. The molecule has 0 bridgehead atoms. The van der Waals surface area contributed by atoms with Crippen molar-refractivity contribution in [1.82, 2.24) is 0 Å². The minimum Gasteiger partial charge on any atom is -0.398 e. The summed E-state index contributed by atoms with van der Waals surface area (Å²) in [5.41, 5.74) is 10.3. The standard InChI is InChI=1S/C15H18N2/c1-3-17(13-8-5-4-6-9-13)15-11-7-10-14(16)12(15)2/h4-11H,3,16H2,1-2H3. The maximum atomic E-state index is 5.96. The Bertz CT molecular complexity index is 492. The Morgan fingerprint density at radius 3 is 2.35 bits per heavy atom. The number of nitrogens with two attached hydrogens (primary N) is 1. The fourth-order valence-corrected chi connectivity index (χ4v) is 2.03. The highest BCUT2D eigenvalue weighted by atomic mass is 15.1. The SMILES string of the molecule is CCN(c1ccccc1)c1cccc(N)c1C. The summed E-state index contributed by atoms with van der Waals surface area (Å²) < 4.78 is 0. The quantitative estimate of drug-likeness (QED) is 0.808. The molecule has 17 heavy (non-hydrogen) atoms. The van der Waals surface area contributed by atoms with Crippen molar-refractivity contribution in [2.75, 3.05) is 17.2 Å². The second-order valence-electron chi connectivity index (χ2n) is 4.07. The number of hydrogen-bond acceptors (Lipinski definition) is 2. The summed E-state index contributed by atoms with van der Waals surface area (Å²) in [4.78, 5) is 2.27. The lowest BCUT2D eigenvalue weighted by Crippen LogP contribution is -2.17. The molecule has 2 rings (SSSR count). The zero-order valence-corrected chi connectivity index (χ0v) is 10.4. The van der Waals surface area contributed by atoms with Crippen LogP contribution in [-0.4, -0.2) is 6.54 Å². The summed E-state index contributed by atoms with van der Waals surface area (Å²) in [7, 11) is 0. The highest BCUT2D eigenvalue weighted by molar-refractivity contribution is 5.71. The molecule has 0 amide bonds. The van der Waals surface area contributed by atoms with Crippen molar-refractivity contribution in [2.45, 2.75) is 13.8 Å². The maximum absolute atomic E-state index is 5.96. The van der Waals surface area contributed by atoms with Crippen molar-refractivity contribution in [3.63, 3.8) is 0 Å². The number of nitrogens with zero attached hydrogens (tertiary/aromatic N) is 1. The molecular weight excluding hydrogens is 208 g/mol. The van der Waals surface area contributed by atoms with E-state index in [0.717, 1.165) is 17.8 Å². The first-order valence-electron chi connectivity index (χ1n) is 5.91. The molecule has 0 heterocycles. The molecule has 0 aliphatic heterocycles. The van der Waals surface area contributed by atoms with Gasteiger partial charge in [-0.3, -0.25) is 0 Å². The van der Waals surface area contributed by atoms with E-state index < -0.39 is 0 Å². The molecule has 0 fully saturated rings. The monoisotopic (exact) mass is 226 g/mol. The van der Waals surface area contributed by atoms with Gasteiger partial charge < -0.3 is 10.6 Å². The highest BCUT2D eigenvalue weighted by Gasteiger charge is 2.10. The minimum atomic E-state index is 0.844. The van der Waals surface area contributed by atoms with Gasteiger partial charge in [-0.15, -0.1) is 0 Å². The molecule has 0 aliphatic rings. The van der Waals surface area contributed by atoms with E-state index >= 15 is 0 Å². The van der Waals surface area contributed by atoms with Crippen LogP contribution in [0.2, 0.25) is 0 Å². The molecule has 2 nitrogen and oxygen atoms in total. The number of nitrogen functional groups attached to an aromatic ring is 1. The van der Waals surface area contributed by atoms with E-state index in [1.807, 2.05) is 18.2 Å². The van der Waals surface area contributed by atoms with Gasteiger partial charge in [-0.25, -0.2) is 0 Å². The smallest absolute Gasteiger partial charge is 0.0461 e. The van der Waals surface area contributed by atoms with Crippen molar-refractivity contribution >= 4 is 17.1 Å². The second kappa shape index (κ2) is 4.91. The Kier molecular flexibility index (Phi) is 3.33. The lowest BCUT2D eigenvalue weighted by Gasteiger charge is -2.25. The third kappa shape index (κ3) is 2.26. The van der Waals surface area contributed by atoms with Crippen LogP contribution in [-0.2, 0) is 0 Å². The van der Waals surface area contributed by atoms with Gasteiger partial charge in [0.1, 0.15) is 0 Å². The zero-order valence-electron chi connectivity index (χ0n) is 10.4. The molecule has 0 radical (unpaired) electrons. The average molecular weight is 226 g/mol. The summed E-state index contributed by atoms with van der Waals surface area (Å²) in [5.74, 6) is 0. The van der Waals surface area contributed by atoms with Crippen LogP contribution < -0.4 is 10.6 Å². The third-order valence-electron chi connectivity index (χ3n) is 3.02. The van der Waals surface area contributed by atoms with Crippen LogP contribution in [0.4, 0.5) is 17.1 Å². The van der Waals surface area contributed by atoms with Crippen molar-refractivity contribution in [3.05, 3.63) is 54.1 Å². The van der Waals surface area contributed by atoms with Crippen LogP contribution in [0.3, 0.4) is 0 Å². The highest BCUT2D eigenvalue weighted by Crippen LogP contribution is 2.30. The zero-order chi connectivity index (χ0) is 12.3. The van der Waals surface area contributed by atoms with Gasteiger partial charge in [-0.05, 0) is 43.7 Å². The molecule has 2 aromatic rings. The predicted octanol–water partition coefficient (Wildman–Crippen LogP) is 3.74. The van der Waals surface area contributed by atoms with E-state index in [4.69, 9.17) is 5.73 Å². The molecule has 0 unspecified atom stereocenters. The summed E-state index contributed by atoms with van der Waals surface area (Å²) in [5, 5.41) is 0. The van der Waals surface area contributed by atoms with Gasteiger partial charge in [0.15, 0.2) is 0 Å². The van der Waals surface area contributed by atoms with E-state index in [0.29, 0.717) is 0 Å². The lowest BCUT2D eigenvalue weighted by molar-refractivity contribution is 1.02. The molecule has 2 N–H and O–H groups in total. The van der Waals surface area contributed by atoms with Crippen LogP contribution in [0, 0.1) is 6.92 Å². The number of para-hydroxylation sites is 1. The largest absolute Gasteiger partial charge is 0.398 e. The molecule has 0 saturated heterocycles. The Morgan fingerprint density at radius 2 is 1.71 bits per heavy atom. The maximum Gasteiger partial charge on any atom is 0.0461 e. The van der Waals surface area contributed by atoms with Gasteiger partial charge >= 0.3 is 0 Å². The van der Waals surface area contributed by atoms with Crippen LogP contribution in [0.15, 0.2) is 48.5 Å². The molecule has 2 aromatic carbocycles. The topological polar surface area (TPSA) is 29.3 Å². The first-order valence-corrected chi connectivity index (χ1v) is 5.91. The van der Waals surface area contributed by atoms with Crippen molar-refractivity contribution in [1.29, 1.82) is 0 Å². The van der Waals surface area contributed by atoms with Crippen LogP contribution in [0.5, 0.6) is 0 Å². The normalized spacial score (nSPS) is 10.2. The molecule has 0 aromatic heterocycles. The minimum absolute atomic E-state index is 0.844. The third-order valence-corrected chi connectivity index (χ3v) is 3.02. The molecule has 88 valence electrons. The van der Waals surface area contributed by atoms with Crippen molar-refractivity contribution in [2.24, 2.45) is 0 Å². The fourth-order valence-electron chi connectivity index (χ4n) is 2.03. The van der Waals surface area contributed by atoms with E-state index in [1.165, 1.54) is 11.4 Å². The van der Waals surface area contributed by atoms with Crippen molar-refractivity contribution in [3.8, 4) is 0 Å². The summed E-state index contributed by atoms with van der Waals surface area (Å²) in [6.07, 6.45) is 0. The van der Waals surface area contributed by atoms with Crippen LogP contribution in [0.1, 0.15) is 12.5 Å². The number of hydrogen-bond donors (Lipinski definition) is 1. The van der Waals surface area contributed by atoms with Gasteiger partial charge in [0, 0.05) is 23.6 Å². The molecule has 0 aliphatic carbocycles. The van der Waals surface area contributed by atoms with Crippen LogP contribution >= 0.6 is 0 Å². The molecule has 0 atom stereocenters. The lowest BCUT2D eigenvalue weighted by atomic mass is 10.1. The van der Waals surface area contributed by atoms with Gasteiger partial charge in [-0.1, -0.05) is 24.3 Å².